The Hall–Kier alpha value is -2.50. The molecule has 0 aliphatic heterocycles. The van der Waals surface area contributed by atoms with Gasteiger partial charge in [0.1, 0.15) is 18.1 Å². The standard InChI is InChI=1S/C16H28N6O5/c1-9(23)13(18)15(25)21-11(4-2-3-5-17)14(24)22-12(16(26)27)6-10-7-19-8-20-10/h7-9,11-13,23H,2-6,17-18H2,1H3,(H,19,20)(H,21,25)(H,22,24)(H,26,27)/t9-,11+,12+,13+/m1/s1. The van der Waals surface area contributed by atoms with Crippen molar-refractivity contribution in [3.8, 4) is 0 Å². The molecule has 1 aromatic rings. The fourth-order valence-corrected chi connectivity index (χ4v) is 2.34. The molecule has 0 aliphatic rings. The van der Waals surface area contributed by atoms with Gasteiger partial charge in [0, 0.05) is 18.3 Å². The molecule has 0 bridgehead atoms. The van der Waals surface area contributed by atoms with E-state index in [1.165, 1.54) is 19.4 Å². The zero-order chi connectivity index (χ0) is 20.4. The Balaban J connectivity index is 2.79. The average molecular weight is 384 g/mol. The predicted molar refractivity (Wildman–Crippen MR) is 96.4 cm³/mol. The lowest BCUT2D eigenvalue weighted by atomic mass is 10.1. The van der Waals surface area contributed by atoms with Crippen LogP contribution in [0.3, 0.4) is 0 Å². The number of carboxylic acids is 1. The van der Waals surface area contributed by atoms with Gasteiger partial charge in [0.2, 0.25) is 11.8 Å². The van der Waals surface area contributed by atoms with Gasteiger partial charge in [-0.3, -0.25) is 9.59 Å². The second kappa shape index (κ2) is 11.3. The molecule has 0 spiro atoms. The number of nitrogens with one attached hydrogen (secondary N) is 3. The van der Waals surface area contributed by atoms with E-state index in [4.69, 9.17) is 11.5 Å². The van der Waals surface area contributed by atoms with Crippen LogP contribution in [-0.4, -0.2) is 68.7 Å². The molecule has 1 aromatic heterocycles. The van der Waals surface area contributed by atoms with Gasteiger partial charge in [0.25, 0.3) is 0 Å². The lowest BCUT2D eigenvalue weighted by Crippen LogP contribution is -2.56. The second-order valence-electron chi connectivity index (χ2n) is 6.29. The number of amides is 2. The number of nitrogens with two attached hydrogens (primary N) is 2. The molecule has 1 rings (SSSR count). The van der Waals surface area contributed by atoms with Crippen LogP contribution in [0.15, 0.2) is 12.5 Å². The number of carbonyl (C=O) groups excluding carboxylic acids is 2. The first-order valence-corrected chi connectivity index (χ1v) is 8.70. The van der Waals surface area contributed by atoms with Crippen molar-refractivity contribution in [1.29, 1.82) is 0 Å². The summed E-state index contributed by atoms with van der Waals surface area (Å²) >= 11 is 0. The molecule has 0 saturated heterocycles. The van der Waals surface area contributed by atoms with E-state index in [0.717, 1.165) is 0 Å². The van der Waals surface area contributed by atoms with Crippen LogP contribution in [0.4, 0.5) is 0 Å². The number of carbonyl (C=O) groups is 3. The van der Waals surface area contributed by atoms with Gasteiger partial charge in [0.15, 0.2) is 0 Å². The van der Waals surface area contributed by atoms with Crippen LogP contribution in [0, 0.1) is 0 Å². The van der Waals surface area contributed by atoms with Gasteiger partial charge in [-0.1, -0.05) is 0 Å². The topological polar surface area (TPSA) is 196 Å². The van der Waals surface area contributed by atoms with Gasteiger partial charge < -0.3 is 37.3 Å². The summed E-state index contributed by atoms with van der Waals surface area (Å²) < 4.78 is 0. The highest BCUT2D eigenvalue weighted by Crippen LogP contribution is 2.05. The van der Waals surface area contributed by atoms with Crippen molar-refractivity contribution < 1.29 is 24.6 Å². The van der Waals surface area contributed by atoms with Gasteiger partial charge in [-0.05, 0) is 32.7 Å². The molecule has 4 atom stereocenters. The third kappa shape index (κ3) is 7.72. The number of aliphatic carboxylic acids is 1. The van der Waals surface area contributed by atoms with Crippen LogP contribution in [0.2, 0.25) is 0 Å². The number of aromatic nitrogens is 2. The summed E-state index contributed by atoms with van der Waals surface area (Å²) in [4.78, 5) is 42.7. The third-order valence-electron chi connectivity index (χ3n) is 4.00. The van der Waals surface area contributed by atoms with Crippen molar-refractivity contribution in [2.75, 3.05) is 6.54 Å². The van der Waals surface area contributed by atoms with Gasteiger partial charge in [-0.2, -0.15) is 0 Å². The molecule has 0 fully saturated rings. The summed E-state index contributed by atoms with van der Waals surface area (Å²) in [5, 5.41) is 23.7. The molecule has 9 N–H and O–H groups in total. The van der Waals surface area contributed by atoms with E-state index in [1.807, 2.05) is 0 Å². The van der Waals surface area contributed by atoms with Crippen molar-refractivity contribution >= 4 is 17.8 Å². The number of hydrogen-bond acceptors (Lipinski definition) is 7. The highest BCUT2D eigenvalue weighted by atomic mass is 16.4. The Morgan fingerprint density at radius 3 is 2.41 bits per heavy atom. The minimum atomic E-state index is -1.22. The highest BCUT2D eigenvalue weighted by Gasteiger charge is 2.29. The van der Waals surface area contributed by atoms with Crippen molar-refractivity contribution in [3.05, 3.63) is 18.2 Å². The number of unbranched alkanes of at least 4 members (excludes halogenated alkanes) is 1. The Morgan fingerprint density at radius 2 is 1.89 bits per heavy atom. The van der Waals surface area contributed by atoms with Crippen LogP contribution in [0.1, 0.15) is 31.9 Å². The maximum absolute atomic E-state index is 12.6. The predicted octanol–water partition coefficient (Wildman–Crippen LogP) is -2.16. The molecule has 0 aromatic carbocycles. The lowest BCUT2D eigenvalue weighted by Gasteiger charge is -2.23. The number of imidazole rings is 1. The second-order valence-corrected chi connectivity index (χ2v) is 6.29. The summed E-state index contributed by atoms with van der Waals surface area (Å²) in [6, 6.07) is -3.38. The molecule has 152 valence electrons. The Bertz CT molecular complexity index is 606. The molecular formula is C16H28N6O5. The molecule has 0 unspecified atom stereocenters. The normalized spacial score (nSPS) is 15.4. The molecular weight excluding hydrogens is 356 g/mol. The van der Waals surface area contributed by atoms with Crippen LogP contribution in [0.5, 0.6) is 0 Å². The maximum Gasteiger partial charge on any atom is 0.326 e. The van der Waals surface area contributed by atoms with E-state index in [-0.39, 0.29) is 12.8 Å². The van der Waals surface area contributed by atoms with Crippen molar-refractivity contribution in [2.45, 2.75) is 56.8 Å². The molecule has 0 radical (unpaired) electrons. The number of rotatable bonds is 12. The van der Waals surface area contributed by atoms with Crippen LogP contribution in [0.25, 0.3) is 0 Å². The zero-order valence-electron chi connectivity index (χ0n) is 15.2. The number of aliphatic hydroxyl groups is 1. The van der Waals surface area contributed by atoms with Gasteiger partial charge in [0.05, 0.1) is 12.4 Å². The number of aliphatic hydroxyl groups excluding tert-OH is 1. The van der Waals surface area contributed by atoms with Crippen molar-refractivity contribution in [3.63, 3.8) is 0 Å². The summed E-state index contributed by atoms with van der Waals surface area (Å²) in [7, 11) is 0. The molecule has 27 heavy (non-hydrogen) atoms. The number of carboxylic acid groups (broad SMARTS) is 1. The Labute approximate surface area is 156 Å². The quantitative estimate of drug-likeness (QED) is 0.198. The largest absolute Gasteiger partial charge is 0.480 e. The fourth-order valence-electron chi connectivity index (χ4n) is 2.34. The summed E-state index contributed by atoms with van der Waals surface area (Å²) in [5.41, 5.74) is 11.6. The van der Waals surface area contributed by atoms with Gasteiger partial charge >= 0.3 is 5.97 Å². The molecule has 2 amide bonds. The van der Waals surface area contributed by atoms with E-state index in [1.54, 1.807) is 0 Å². The fraction of sp³-hybridized carbons (Fsp3) is 0.625. The maximum atomic E-state index is 12.6. The van der Waals surface area contributed by atoms with E-state index < -0.39 is 42.0 Å². The SMILES string of the molecule is C[C@@H](O)[C@H](N)C(=O)N[C@@H](CCCCN)C(=O)N[C@@H](Cc1cnc[nH]1)C(=O)O. The third-order valence-corrected chi connectivity index (χ3v) is 4.00. The van der Waals surface area contributed by atoms with Crippen molar-refractivity contribution in [2.24, 2.45) is 11.5 Å². The average Bonchev–Trinajstić information content (AvgIpc) is 3.12. The first kappa shape index (κ1) is 22.5. The monoisotopic (exact) mass is 384 g/mol. The molecule has 0 aliphatic carbocycles. The summed E-state index contributed by atoms with van der Waals surface area (Å²) in [5.74, 6) is -2.56. The zero-order valence-corrected chi connectivity index (χ0v) is 15.2. The van der Waals surface area contributed by atoms with Crippen LogP contribution >= 0.6 is 0 Å². The Morgan fingerprint density at radius 1 is 1.22 bits per heavy atom. The molecule has 1 heterocycles. The molecule has 0 saturated carbocycles. The summed E-state index contributed by atoms with van der Waals surface area (Å²) in [6.07, 6.45) is 3.24. The minimum Gasteiger partial charge on any atom is -0.480 e. The van der Waals surface area contributed by atoms with E-state index in [2.05, 4.69) is 20.6 Å². The molecule has 11 nitrogen and oxygen atoms in total. The number of nitrogens with zero attached hydrogens (tertiary/aromatic N) is 1. The highest BCUT2D eigenvalue weighted by molar-refractivity contribution is 5.91. The van der Waals surface area contributed by atoms with E-state index in [9.17, 15) is 24.6 Å². The lowest BCUT2D eigenvalue weighted by molar-refractivity contribution is -0.142. The first-order chi connectivity index (χ1) is 12.8. The minimum absolute atomic E-state index is 0.0116. The van der Waals surface area contributed by atoms with E-state index >= 15 is 0 Å². The number of hydrogen-bond donors (Lipinski definition) is 7. The van der Waals surface area contributed by atoms with E-state index in [0.29, 0.717) is 25.1 Å². The number of aromatic amines is 1. The summed E-state index contributed by atoms with van der Waals surface area (Å²) in [6.45, 7) is 1.78. The van der Waals surface area contributed by atoms with Crippen LogP contribution in [-0.2, 0) is 20.8 Å². The van der Waals surface area contributed by atoms with Crippen LogP contribution < -0.4 is 22.1 Å². The number of H-pyrrole nitrogens is 1. The smallest absolute Gasteiger partial charge is 0.326 e. The van der Waals surface area contributed by atoms with Gasteiger partial charge in [-0.15, -0.1) is 0 Å². The Kier molecular flexibility index (Phi) is 9.40. The molecule has 11 heteroatoms. The van der Waals surface area contributed by atoms with Gasteiger partial charge in [-0.25, -0.2) is 9.78 Å². The van der Waals surface area contributed by atoms with Crippen molar-refractivity contribution in [1.82, 2.24) is 20.6 Å². The first-order valence-electron chi connectivity index (χ1n) is 8.70.